The zero-order chi connectivity index (χ0) is 12.4. The van der Waals surface area contributed by atoms with Crippen LogP contribution in [-0.4, -0.2) is 18.4 Å². The predicted octanol–water partition coefficient (Wildman–Crippen LogP) is 3.16. The number of nitrogens with one attached hydrogen (secondary N) is 1. The van der Waals surface area contributed by atoms with E-state index in [1.54, 1.807) is 0 Å². The maximum Gasteiger partial charge on any atom is 0.155 e. The second-order valence-electron chi connectivity index (χ2n) is 6.57. The molecule has 1 fully saturated rings. The molecule has 0 aromatic heterocycles. The van der Waals surface area contributed by atoms with E-state index in [4.69, 9.17) is 0 Å². The third-order valence-electron chi connectivity index (χ3n) is 3.65. The fourth-order valence-electron chi connectivity index (χ4n) is 2.05. The third-order valence-corrected chi connectivity index (χ3v) is 3.65. The second kappa shape index (κ2) is 4.87. The van der Waals surface area contributed by atoms with Crippen molar-refractivity contribution in [1.82, 2.24) is 5.32 Å². The van der Waals surface area contributed by atoms with Crippen molar-refractivity contribution in [2.24, 2.45) is 10.8 Å². The molecule has 94 valence electrons. The number of carbonyl (C=O) groups excluding carboxylic acids is 1. The van der Waals surface area contributed by atoms with E-state index in [9.17, 15) is 4.79 Å². The Morgan fingerprint density at radius 1 is 1.38 bits per heavy atom. The summed E-state index contributed by atoms with van der Waals surface area (Å²) in [4.78, 5) is 12.2. The van der Waals surface area contributed by atoms with E-state index in [-0.39, 0.29) is 11.5 Å². The van der Waals surface area contributed by atoms with Crippen molar-refractivity contribution >= 4 is 5.78 Å². The molecule has 1 atom stereocenters. The van der Waals surface area contributed by atoms with Gasteiger partial charge in [0.1, 0.15) is 0 Å². The summed E-state index contributed by atoms with van der Waals surface area (Å²) in [6.45, 7) is 11.3. The summed E-state index contributed by atoms with van der Waals surface area (Å²) in [5, 5.41) is 3.34. The van der Waals surface area contributed by atoms with E-state index >= 15 is 0 Å². The highest BCUT2D eigenvalue weighted by atomic mass is 16.1. The van der Waals surface area contributed by atoms with Crippen molar-refractivity contribution in [3.63, 3.8) is 0 Å². The fraction of sp³-hybridized carbons (Fsp3) is 0.929. The van der Waals surface area contributed by atoms with Crippen LogP contribution in [0.3, 0.4) is 0 Å². The lowest BCUT2D eigenvalue weighted by Gasteiger charge is -2.26. The highest BCUT2D eigenvalue weighted by Crippen LogP contribution is 2.49. The largest absolute Gasteiger partial charge is 0.308 e. The standard InChI is InChI=1S/C14H27NO/c1-6-15-11(12(16)13(2,3)4)7-8-14(5)9-10-14/h11,15H,6-10H2,1-5H3. The number of hydrogen-bond donors (Lipinski definition) is 1. The Morgan fingerprint density at radius 2 is 1.94 bits per heavy atom. The molecular weight excluding hydrogens is 198 g/mol. The summed E-state index contributed by atoms with van der Waals surface area (Å²) in [5.74, 6) is 0.360. The van der Waals surface area contributed by atoms with Gasteiger partial charge in [0.05, 0.1) is 6.04 Å². The van der Waals surface area contributed by atoms with Gasteiger partial charge >= 0.3 is 0 Å². The Labute approximate surface area is 100 Å². The molecule has 1 aliphatic rings. The first-order chi connectivity index (χ1) is 7.28. The summed E-state index contributed by atoms with van der Waals surface area (Å²) >= 11 is 0. The van der Waals surface area contributed by atoms with Crippen molar-refractivity contribution < 1.29 is 4.79 Å². The number of likely N-dealkylation sites (N-methyl/N-ethyl adjacent to an activating group) is 1. The number of rotatable bonds is 6. The van der Waals surface area contributed by atoms with Gasteiger partial charge in [-0.1, -0.05) is 34.6 Å². The molecule has 1 saturated carbocycles. The zero-order valence-corrected chi connectivity index (χ0v) is 11.5. The molecule has 2 nitrogen and oxygen atoms in total. The fourth-order valence-corrected chi connectivity index (χ4v) is 2.05. The van der Waals surface area contributed by atoms with Crippen molar-refractivity contribution in [2.45, 2.75) is 66.3 Å². The van der Waals surface area contributed by atoms with Crippen molar-refractivity contribution in [1.29, 1.82) is 0 Å². The minimum Gasteiger partial charge on any atom is -0.308 e. The zero-order valence-electron chi connectivity index (χ0n) is 11.5. The Bertz CT molecular complexity index is 248. The van der Waals surface area contributed by atoms with Crippen LogP contribution in [-0.2, 0) is 4.79 Å². The van der Waals surface area contributed by atoms with Crippen LogP contribution in [0.4, 0.5) is 0 Å². The van der Waals surface area contributed by atoms with Gasteiger partial charge in [0.2, 0.25) is 0 Å². The number of carbonyl (C=O) groups is 1. The van der Waals surface area contributed by atoms with E-state index in [0.717, 1.165) is 13.0 Å². The van der Waals surface area contributed by atoms with Crippen LogP contribution in [0.1, 0.15) is 60.3 Å². The van der Waals surface area contributed by atoms with E-state index in [1.807, 2.05) is 20.8 Å². The van der Waals surface area contributed by atoms with Gasteiger partial charge in [-0.25, -0.2) is 0 Å². The molecule has 1 N–H and O–H groups in total. The van der Waals surface area contributed by atoms with E-state index in [0.29, 0.717) is 11.2 Å². The molecule has 1 unspecified atom stereocenters. The van der Waals surface area contributed by atoms with Gasteiger partial charge in [-0.3, -0.25) is 4.79 Å². The molecule has 0 aromatic carbocycles. The predicted molar refractivity (Wildman–Crippen MR) is 68.5 cm³/mol. The Balaban J connectivity index is 2.49. The van der Waals surface area contributed by atoms with Crippen LogP contribution < -0.4 is 5.32 Å². The quantitative estimate of drug-likeness (QED) is 0.752. The molecule has 0 heterocycles. The molecule has 0 radical (unpaired) electrons. The lowest BCUT2D eigenvalue weighted by atomic mass is 9.83. The van der Waals surface area contributed by atoms with Gasteiger partial charge in [0.15, 0.2) is 5.78 Å². The van der Waals surface area contributed by atoms with Crippen molar-refractivity contribution in [2.75, 3.05) is 6.54 Å². The molecule has 1 aliphatic carbocycles. The highest BCUT2D eigenvalue weighted by Gasteiger charge is 2.38. The summed E-state index contributed by atoms with van der Waals surface area (Å²) < 4.78 is 0. The maximum absolute atomic E-state index is 12.2. The first-order valence-electron chi connectivity index (χ1n) is 6.56. The average molecular weight is 225 g/mol. The molecule has 0 saturated heterocycles. The number of hydrogen-bond acceptors (Lipinski definition) is 2. The Morgan fingerprint density at radius 3 is 2.31 bits per heavy atom. The first kappa shape index (κ1) is 13.7. The van der Waals surface area contributed by atoms with Crippen LogP contribution in [0.5, 0.6) is 0 Å². The van der Waals surface area contributed by atoms with Gasteiger partial charge < -0.3 is 5.32 Å². The van der Waals surface area contributed by atoms with Crippen LogP contribution in [0.15, 0.2) is 0 Å². The van der Waals surface area contributed by atoms with Gasteiger partial charge in [-0.2, -0.15) is 0 Å². The van der Waals surface area contributed by atoms with Crippen LogP contribution in [0, 0.1) is 10.8 Å². The van der Waals surface area contributed by atoms with E-state index < -0.39 is 0 Å². The molecule has 0 spiro atoms. The summed E-state index contributed by atoms with van der Waals surface area (Å²) in [6, 6.07) is 0.0578. The van der Waals surface area contributed by atoms with Gasteiger partial charge in [-0.15, -0.1) is 0 Å². The van der Waals surface area contributed by atoms with Gasteiger partial charge in [0.25, 0.3) is 0 Å². The van der Waals surface area contributed by atoms with Gasteiger partial charge in [-0.05, 0) is 37.6 Å². The highest BCUT2D eigenvalue weighted by molar-refractivity contribution is 5.88. The lowest BCUT2D eigenvalue weighted by Crippen LogP contribution is -2.43. The first-order valence-corrected chi connectivity index (χ1v) is 6.56. The molecule has 0 amide bonds. The Kier molecular flexibility index (Phi) is 4.17. The second-order valence-corrected chi connectivity index (χ2v) is 6.57. The van der Waals surface area contributed by atoms with Crippen LogP contribution >= 0.6 is 0 Å². The SMILES string of the molecule is CCNC(CCC1(C)CC1)C(=O)C(C)(C)C. The molecule has 0 aromatic rings. The average Bonchev–Trinajstić information content (AvgIpc) is 2.89. The Hall–Kier alpha value is -0.370. The summed E-state index contributed by atoms with van der Waals surface area (Å²) in [5.41, 5.74) is 0.323. The molecular formula is C14H27NO. The minimum atomic E-state index is -0.225. The normalized spacial score (nSPS) is 20.6. The van der Waals surface area contributed by atoms with E-state index in [1.165, 1.54) is 19.3 Å². The van der Waals surface area contributed by atoms with Gasteiger partial charge in [0, 0.05) is 5.41 Å². The number of Topliss-reactive ketones (excluding diaryl/α,β-unsaturated/α-hetero) is 1. The van der Waals surface area contributed by atoms with Crippen LogP contribution in [0.25, 0.3) is 0 Å². The topological polar surface area (TPSA) is 29.1 Å². The third kappa shape index (κ3) is 3.89. The number of ketones is 1. The van der Waals surface area contributed by atoms with E-state index in [2.05, 4.69) is 19.2 Å². The molecule has 0 aliphatic heterocycles. The molecule has 2 heteroatoms. The summed E-state index contributed by atoms with van der Waals surface area (Å²) in [6.07, 6.45) is 4.87. The smallest absolute Gasteiger partial charge is 0.155 e. The minimum absolute atomic E-state index is 0.0578. The lowest BCUT2D eigenvalue weighted by molar-refractivity contribution is -0.128. The van der Waals surface area contributed by atoms with Crippen molar-refractivity contribution in [3.8, 4) is 0 Å². The molecule has 1 rings (SSSR count). The monoisotopic (exact) mass is 225 g/mol. The van der Waals surface area contributed by atoms with Crippen LogP contribution in [0.2, 0.25) is 0 Å². The maximum atomic E-state index is 12.2. The summed E-state index contributed by atoms with van der Waals surface area (Å²) in [7, 11) is 0. The molecule has 0 bridgehead atoms. The molecule has 16 heavy (non-hydrogen) atoms. The van der Waals surface area contributed by atoms with Crippen molar-refractivity contribution in [3.05, 3.63) is 0 Å².